The van der Waals surface area contributed by atoms with Crippen molar-refractivity contribution in [2.24, 2.45) is 5.92 Å². The highest BCUT2D eigenvalue weighted by molar-refractivity contribution is 8.01. The van der Waals surface area contributed by atoms with Crippen molar-refractivity contribution in [3.8, 4) is 0 Å². The van der Waals surface area contributed by atoms with E-state index >= 15 is 0 Å². The van der Waals surface area contributed by atoms with Crippen molar-refractivity contribution in [3.63, 3.8) is 0 Å². The topological polar surface area (TPSA) is 71.3 Å². The van der Waals surface area contributed by atoms with Gasteiger partial charge in [0.15, 0.2) is 0 Å². The van der Waals surface area contributed by atoms with Crippen LogP contribution >= 0.6 is 23.1 Å². The minimum atomic E-state index is 0.0299. The molecule has 0 aliphatic carbocycles. The minimum absolute atomic E-state index is 0.0299. The quantitative estimate of drug-likeness (QED) is 0.913. The molecule has 5 rings (SSSR count). The van der Waals surface area contributed by atoms with Crippen molar-refractivity contribution < 1.29 is 9.21 Å². The van der Waals surface area contributed by atoms with Crippen molar-refractivity contribution in [2.45, 2.75) is 35.2 Å². The van der Waals surface area contributed by atoms with E-state index in [2.05, 4.69) is 20.4 Å². The number of hydrogen-bond donors (Lipinski definition) is 1. The van der Waals surface area contributed by atoms with E-state index < -0.39 is 0 Å². The Bertz CT molecular complexity index is 706. The van der Waals surface area contributed by atoms with Crippen LogP contribution in [0.15, 0.2) is 26.0 Å². The second-order valence-electron chi connectivity index (χ2n) is 6.03. The first-order chi connectivity index (χ1) is 11.2. The molecule has 1 atom stereocenters. The van der Waals surface area contributed by atoms with E-state index in [4.69, 9.17) is 4.42 Å². The highest BCUT2D eigenvalue weighted by atomic mass is 32.2. The first kappa shape index (κ1) is 15.2. The lowest BCUT2D eigenvalue weighted by Gasteiger charge is -2.44. The molecule has 1 N–H and O–H groups in total. The number of aryl methyl sites for hydroxylation is 1. The third-order valence-electron chi connectivity index (χ3n) is 4.47. The van der Waals surface area contributed by atoms with Gasteiger partial charge in [-0.05, 0) is 55.7 Å². The van der Waals surface area contributed by atoms with Crippen molar-refractivity contribution in [3.05, 3.63) is 22.9 Å². The maximum absolute atomic E-state index is 12.5. The number of rotatable bonds is 4. The van der Waals surface area contributed by atoms with Crippen LogP contribution in [0.1, 0.15) is 28.4 Å². The summed E-state index contributed by atoms with van der Waals surface area (Å²) in [6, 6.07) is 4.09. The van der Waals surface area contributed by atoms with E-state index in [1.54, 1.807) is 6.92 Å². The van der Waals surface area contributed by atoms with E-state index in [1.807, 2.05) is 12.1 Å². The lowest BCUT2D eigenvalue weighted by Crippen LogP contribution is -2.57. The molecule has 0 aromatic carbocycles. The van der Waals surface area contributed by atoms with Crippen LogP contribution in [0.25, 0.3) is 0 Å². The van der Waals surface area contributed by atoms with Crippen molar-refractivity contribution >= 4 is 29.0 Å². The van der Waals surface area contributed by atoms with Gasteiger partial charge in [0.25, 0.3) is 11.1 Å². The Kier molecular flexibility index (Phi) is 4.13. The molecular formula is C15H18N4O2S2. The van der Waals surface area contributed by atoms with Crippen molar-refractivity contribution in [1.82, 2.24) is 20.4 Å². The molecule has 3 fully saturated rings. The van der Waals surface area contributed by atoms with Crippen LogP contribution in [0.3, 0.4) is 0 Å². The van der Waals surface area contributed by atoms with Gasteiger partial charge in [-0.3, -0.25) is 4.79 Å². The summed E-state index contributed by atoms with van der Waals surface area (Å²) in [7, 11) is 0. The Morgan fingerprint density at radius 2 is 2.22 bits per heavy atom. The summed E-state index contributed by atoms with van der Waals surface area (Å²) in [4.78, 5) is 15.7. The zero-order valence-corrected chi connectivity index (χ0v) is 14.5. The molecular weight excluding hydrogens is 332 g/mol. The molecule has 8 heteroatoms. The molecule has 2 bridgehead atoms. The Morgan fingerprint density at radius 1 is 1.39 bits per heavy atom. The number of piperidine rings is 3. The van der Waals surface area contributed by atoms with Gasteiger partial charge < -0.3 is 14.6 Å². The molecule has 122 valence electrons. The highest BCUT2D eigenvalue weighted by Crippen LogP contribution is 2.33. The van der Waals surface area contributed by atoms with Gasteiger partial charge in [-0.15, -0.1) is 21.5 Å². The fourth-order valence-electron chi connectivity index (χ4n) is 3.27. The van der Waals surface area contributed by atoms with E-state index in [0.29, 0.717) is 23.1 Å². The van der Waals surface area contributed by atoms with Crippen LogP contribution in [-0.4, -0.2) is 46.7 Å². The van der Waals surface area contributed by atoms with Gasteiger partial charge in [0.05, 0.1) is 9.09 Å². The number of amides is 1. The number of carbonyl (C=O) groups excluding carboxylic acids is 1. The fraction of sp³-hybridized carbons (Fsp3) is 0.533. The molecule has 3 aliphatic heterocycles. The van der Waals surface area contributed by atoms with E-state index in [1.165, 1.54) is 49.0 Å². The lowest BCUT2D eigenvalue weighted by molar-refractivity contribution is 0.0622. The molecule has 0 unspecified atom stereocenters. The summed E-state index contributed by atoms with van der Waals surface area (Å²) in [5, 5.41) is 11.5. The Morgan fingerprint density at radius 3 is 2.87 bits per heavy atom. The smallest absolute Gasteiger partial charge is 0.282 e. The number of thiophene rings is 1. The van der Waals surface area contributed by atoms with E-state index in [-0.39, 0.29) is 5.91 Å². The van der Waals surface area contributed by atoms with Crippen LogP contribution < -0.4 is 5.32 Å². The van der Waals surface area contributed by atoms with Crippen LogP contribution in [0, 0.1) is 12.8 Å². The highest BCUT2D eigenvalue weighted by Gasteiger charge is 2.35. The summed E-state index contributed by atoms with van der Waals surface area (Å²) in [5.74, 6) is 1.21. The molecule has 23 heavy (non-hydrogen) atoms. The molecule has 3 aliphatic rings. The van der Waals surface area contributed by atoms with Gasteiger partial charge in [0.2, 0.25) is 5.89 Å². The fourth-order valence-corrected chi connectivity index (χ4v) is 5.11. The summed E-state index contributed by atoms with van der Waals surface area (Å²) in [6.07, 6.45) is 2.40. The van der Waals surface area contributed by atoms with Gasteiger partial charge in [-0.1, -0.05) is 0 Å². The van der Waals surface area contributed by atoms with Gasteiger partial charge in [0.1, 0.15) is 0 Å². The summed E-state index contributed by atoms with van der Waals surface area (Å²) in [6.45, 7) is 5.11. The number of carbonyl (C=O) groups is 1. The predicted octanol–water partition coefficient (Wildman–Crippen LogP) is 2.41. The monoisotopic (exact) mass is 350 g/mol. The number of aromatic nitrogens is 2. The minimum Gasteiger partial charge on any atom is -0.416 e. The second kappa shape index (κ2) is 6.26. The molecule has 0 radical (unpaired) electrons. The number of hydrogen-bond acceptors (Lipinski definition) is 7. The maximum atomic E-state index is 12.5. The third kappa shape index (κ3) is 3.29. The summed E-state index contributed by atoms with van der Waals surface area (Å²) < 4.78 is 6.33. The average Bonchev–Trinajstić information content (AvgIpc) is 3.18. The molecule has 1 amide bonds. The zero-order chi connectivity index (χ0) is 15.8. The normalized spacial score (nSPS) is 26.4. The molecule has 2 aromatic heterocycles. The van der Waals surface area contributed by atoms with E-state index in [9.17, 15) is 4.79 Å². The van der Waals surface area contributed by atoms with Crippen LogP contribution in [0.4, 0.5) is 0 Å². The first-order valence-electron chi connectivity index (χ1n) is 7.78. The van der Waals surface area contributed by atoms with E-state index in [0.717, 1.165) is 15.6 Å². The van der Waals surface area contributed by atoms with Crippen LogP contribution in [0.5, 0.6) is 0 Å². The van der Waals surface area contributed by atoms with Gasteiger partial charge in [-0.2, -0.15) is 0 Å². The molecule has 0 saturated carbocycles. The first-order valence-corrected chi connectivity index (χ1v) is 9.42. The maximum Gasteiger partial charge on any atom is 0.282 e. The summed E-state index contributed by atoms with van der Waals surface area (Å²) >= 11 is 2.86. The van der Waals surface area contributed by atoms with Crippen LogP contribution in [-0.2, 0) is 0 Å². The number of nitrogens with one attached hydrogen (secondary N) is 1. The molecule has 6 nitrogen and oxygen atoms in total. The van der Waals surface area contributed by atoms with Gasteiger partial charge in [-0.25, -0.2) is 0 Å². The summed E-state index contributed by atoms with van der Waals surface area (Å²) in [5.41, 5.74) is 0. The molecule has 3 saturated heterocycles. The average molecular weight is 350 g/mol. The Labute approximate surface area is 142 Å². The number of fused-ring (bicyclic) bond motifs is 3. The standard InChI is InChI=1S/C15H18N4O2S2/c1-9-17-18-15(21-9)23-13-3-2-12(22-13)14(20)16-11-8-19-6-4-10(11)5-7-19/h2-3,10-11H,4-8H2,1H3,(H,16,20)/t11-/m0/s1. The lowest BCUT2D eigenvalue weighted by atomic mass is 9.84. The molecule has 5 heterocycles. The van der Waals surface area contributed by atoms with Gasteiger partial charge >= 0.3 is 0 Å². The third-order valence-corrected chi connectivity index (χ3v) is 6.53. The van der Waals surface area contributed by atoms with Crippen molar-refractivity contribution in [2.75, 3.05) is 19.6 Å². The Hall–Kier alpha value is -1.38. The molecule has 2 aromatic rings. The molecule has 0 spiro atoms. The number of nitrogens with zero attached hydrogens (tertiary/aromatic N) is 3. The van der Waals surface area contributed by atoms with Gasteiger partial charge in [0, 0.05) is 19.5 Å². The van der Waals surface area contributed by atoms with Crippen LogP contribution in [0.2, 0.25) is 0 Å². The SMILES string of the molecule is Cc1nnc(Sc2ccc(C(=O)N[C@H]3CN4CCC3CC4)s2)o1. The Balaban J connectivity index is 1.39. The largest absolute Gasteiger partial charge is 0.416 e. The predicted molar refractivity (Wildman–Crippen MR) is 87.9 cm³/mol. The zero-order valence-electron chi connectivity index (χ0n) is 12.8. The van der Waals surface area contributed by atoms with Crippen molar-refractivity contribution in [1.29, 1.82) is 0 Å². The second-order valence-corrected chi connectivity index (χ2v) is 8.36.